The second-order valence-corrected chi connectivity index (χ2v) is 3.50. The minimum absolute atomic E-state index is 0.657. The van der Waals surface area contributed by atoms with Crippen molar-refractivity contribution in [1.82, 2.24) is 9.97 Å². The van der Waals surface area contributed by atoms with Crippen molar-refractivity contribution in [3.05, 3.63) is 17.5 Å². The number of aryl methyl sites for hydroxylation is 1. The fourth-order valence-corrected chi connectivity index (χ4v) is 1.95. The third-order valence-electron chi connectivity index (χ3n) is 2.76. The average molecular weight is 177 g/mol. The highest BCUT2D eigenvalue weighted by Gasteiger charge is 2.22. The summed E-state index contributed by atoms with van der Waals surface area (Å²) in [5.41, 5.74) is 2.60. The molecule has 1 N–H and O–H groups in total. The molecule has 1 aliphatic rings. The summed E-state index contributed by atoms with van der Waals surface area (Å²) in [6.07, 6.45) is 5.54. The number of anilines is 1. The number of fused-ring (bicyclic) bond motifs is 1. The molecule has 13 heavy (non-hydrogen) atoms. The van der Waals surface area contributed by atoms with Gasteiger partial charge in [0.15, 0.2) is 0 Å². The van der Waals surface area contributed by atoms with E-state index in [2.05, 4.69) is 22.2 Å². The topological polar surface area (TPSA) is 37.8 Å². The molecule has 0 amide bonds. The number of aromatic nitrogens is 2. The number of nitrogens with zero attached hydrogens (tertiary/aromatic N) is 2. The van der Waals surface area contributed by atoms with Crippen LogP contribution in [0.1, 0.15) is 36.9 Å². The summed E-state index contributed by atoms with van der Waals surface area (Å²) in [5, 5.41) is 2.98. The fraction of sp³-hybridized carbons (Fsp3) is 0.600. The van der Waals surface area contributed by atoms with E-state index in [9.17, 15) is 0 Å². The van der Waals surface area contributed by atoms with Crippen LogP contribution in [0.5, 0.6) is 0 Å². The lowest BCUT2D eigenvalue weighted by molar-refractivity contribution is 0.643. The molecule has 1 aromatic heterocycles. The van der Waals surface area contributed by atoms with E-state index in [0.717, 1.165) is 12.4 Å². The van der Waals surface area contributed by atoms with Crippen molar-refractivity contribution in [2.24, 2.45) is 0 Å². The number of nitrogens with one attached hydrogen (secondary N) is 1. The second-order valence-electron chi connectivity index (χ2n) is 3.50. The molecule has 0 fully saturated rings. The summed E-state index contributed by atoms with van der Waals surface area (Å²) >= 11 is 0. The molecule has 2 rings (SSSR count). The van der Waals surface area contributed by atoms with Crippen LogP contribution in [0.4, 0.5) is 5.95 Å². The van der Waals surface area contributed by atoms with Crippen molar-refractivity contribution in [3.8, 4) is 0 Å². The quantitative estimate of drug-likeness (QED) is 0.750. The summed E-state index contributed by atoms with van der Waals surface area (Å²) < 4.78 is 0. The number of hydrogen-bond acceptors (Lipinski definition) is 3. The van der Waals surface area contributed by atoms with Crippen molar-refractivity contribution >= 4 is 5.95 Å². The Bertz CT molecular complexity index is 309. The summed E-state index contributed by atoms with van der Waals surface area (Å²) in [6, 6.07) is 0. The first-order chi connectivity index (χ1) is 6.35. The summed E-state index contributed by atoms with van der Waals surface area (Å²) in [5.74, 6) is 1.41. The zero-order valence-corrected chi connectivity index (χ0v) is 8.17. The van der Waals surface area contributed by atoms with E-state index in [0.29, 0.717) is 5.92 Å². The summed E-state index contributed by atoms with van der Waals surface area (Å²) in [6.45, 7) is 2.22. The highest BCUT2D eigenvalue weighted by atomic mass is 15.1. The lowest BCUT2D eigenvalue weighted by Gasteiger charge is -2.07. The van der Waals surface area contributed by atoms with Gasteiger partial charge in [-0.15, -0.1) is 0 Å². The van der Waals surface area contributed by atoms with Crippen LogP contribution in [0, 0.1) is 0 Å². The van der Waals surface area contributed by atoms with Gasteiger partial charge in [-0.25, -0.2) is 9.97 Å². The summed E-state index contributed by atoms with van der Waals surface area (Å²) in [7, 11) is 1.86. The predicted molar refractivity (Wildman–Crippen MR) is 52.9 cm³/mol. The molecule has 0 aromatic carbocycles. The van der Waals surface area contributed by atoms with Crippen molar-refractivity contribution in [3.63, 3.8) is 0 Å². The maximum atomic E-state index is 4.50. The molecule has 0 saturated carbocycles. The van der Waals surface area contributed by atoms with Gasteiger partial charge in [-0.1, -0.05) is 6.92 Å². The van der Waals surface area contributed by atoms with Crippen molar-refractivity contribution in [2.45, 2.75) is 32.1 Å². The molecule has 1 unspecified atom stereocenters. The maximum absolute atomic E-state index is 4.50. The van der Waals surface area contributed by atoms with Crippen molar-refractivity contribution < 1.29 is 0 Å². The van der Waals surface area contributed by atoms with Crippen LogP contribution in [-0.2, 0) is 6.42 Å². The smallest absolute Gasteiger partial charge is 0.222 e. The zero-order chi connectivity index (χ0) is 9.26. The average Bonchev–Trinajstić information content (AvgIpc) is 2.59. The van der Waals surface area contributed by atoms with Gasteiger partial charge in [0.1, 0.15) is 0 Å². The minimum atomic E-state index is 0.657. The maximum Gasteiger partial charge on any atom is 0.222 e. The van der Waals surface area contributed by atoms with Crippen LogP contribution in [0.25, 0.3) is 0 Å². The molecule has 3 nitrogen and oxygen atoms in total. The minimum Gasteiger partial charge on any atom is -0.357 e. The van der Waals surface area contributed by atoms with Gasteiger partial charge in [0.25, 0.3) is 0 Å². The lowest BCUT2D eigenvalue weighted by Crippen LogP contribution is -2.01. The Hall–Kier alpha value is -1.12. The van der Waals surface area contributed by atoms with Crippen molar-refractivity contribution in [2.75, 3.05) is 12.4 Å². The van der Waals surface area contributed by atoms with E-state index < -0.39 is 0 Å². The highest BCUT2D eigenvalue weighted by Crippen LogP contribution is 2.33. The SMILES string of the molecule is CCC1CCc2cnc(NC)nc21. The Morgan fingerprint density at radius 2 is 2.46 bits per heavy atom. The van der Waals surface area contributed by atoms with Crippen LogP contribution in [0.2, 0.25) is 0 Å². The molecule has 0 saturated heterocycles. The lowest BCUT2D eigenvalue weighted by atomic mass is 10.0. The number of hydrogen-bond donors (Lipinski definition) is 1. The molecule has 0 spiro atoms. The Labute approximate surface area is 78.6 Å². The summed E-state index contributed by atoms with van der Waals surface area (Å²) in [4.78, 5) is 8.72. The third-order valence-corrected chi connectivity index (χ3v) is 2.76. The second kappa shape index (κ2) is 3.32. The van der Waals surface area contributed by atoms with Crippen LogP contribution >= 0.6 is 0 Å². The van der Waals surface area contributed by atoms with E-state index in [4.69, 9.17) is 0 Å². The normalized spacial score (nSPS) is 20.0. The van der Waals surface area contributed by atoms with Gasteiger partial charge in [-0.05, 0) is 24.8 Å². The Morgan fingerprint density at radius 1 is 1.62 bits per heavy atom. The molecular weight excluding hydrogens is 162 g/mol. The van der Waals surface area contributed by atoms with E-state index in [-0.39, 0.29) is 0 Å². The molecule has 0 radical (unpaired) electrons. The molecule has 1 aliphatic carbocycles. The van der Waals surface area contributed by atoms with Crippen molar-refractivity contribution in [1.29, 1.82) is 0 Å². The molecule has 0 aliphatic heterocycles. The number of rotatable bonds is 2. The van der Waals surface area contributed by atoms with Gasteiger partial charge in [-0.2, -0.15) is 0 Å². The molecule has 1 atom stereocenters. The van der Waals surface area contributed by atoms with Gasteiger partial charge >= 0.3 is 0 Å². The largest absolute Gasteiger partial charge is 0.357 e. The standard InChI is InChI=1S/C10H15N3/c1-3-7-4-5-8-6-12-10(11-2)13-9(7)8/h6-7H,3-5H2,1-2H3,(H,11,12,13). The first-order valence-electron chi connectivity index (χ1n) is 4.88. The van der Waals surface area contributed by atoms with E-state index in [1.165, 1.54) is 24.1 Å². The van der Waals surface area contributed by atoms with E-state index in [1.54, 1.807) is 0 Å². The predicted octanol–water partition coefficient (Wildman–Crippen LogP) is 1.96. The molecule has 1 aromatic rings. The Kier molecular flexibility index (Phi) is 2.17. The fourth-order valence-electron chi connectivity index (χ4n) is 1.95. The van der Waals surface area contributed by atoms with Crippen LogP contribution < -0.4 is 5.32 Å². The Morgan fingerprint density at radius 3 is 3.15 bits per heavy atom. The monoisotopic (exact) mass is 177 g/mol. The molecule has 3 heteroatoms. The zero-order valence-electron chi connectivity index (χ0n) is 8.17. The van der Waals surface area contributed by atoms with Gasteiger partial charge < -0.3 is 5.32 Å². The van der Waals surface area contributed by atoms with E-state index in [1.807, 2.05) is 13.2 Å². The molecule has 70 valence electrons. The van der Waals surface area contributed by atoms with Gasteiger partial charge in [0.2, 0.25) is 5.95 Å². The van der Waals surface area contributed by atoms with E-state index >= 15 is 0 Å². The van der Waals surface area contributed by atoms with Crippen LogP contribution in [0.15, 0.2) is 6.20 Å². The first-order valence-corrected chi connectivity index (χ1v) is 4.88. The van der Waals surface area contributed by atoms with Gasteiger partial charge in [-0.3, -0.25) is 0 Å². The van der Waals surface area contributed by atoms with Crippen LogP contribution in [-0.4, -0.2) is 17.0 Å². The van der Waals surface area contributed by atoms with Crippen LogP contribution in [0.3, 0.4) is 0 Å². The third kappa shape index (κ3) is 1.39. The molecule has 1 heterocycles. The molecule has 0 bridgehead atoms. The van der Waals surface area contributed by atoms with Gasteiger partial charge in [0.05, 0.1) is 5.69 Å². The van der Waals surface area contributed by atoms with Gasteiger partial charge in [0, 0.05) is 19.2 Å². The first kappa shape index (κ1) is 8.48. The molecular formula is C10H15N3. The highest BCUT2D eigenvalue weighted by molar-refractivity contribution is 5.33. The Balaban J connectivity index is 2.37.